The van der Waals surface area contributed by atoms with E-state index >= 15 is 4.39 Å². The highest BCUT2D eigenvalue weighted by Crippen LogP contribution is 2.41. The number of ether oxygens (including phenoxy) is 1. The van der Waals surface area contributed by atoms with Crippen LogP contribution in [0, 0.1) is 5.82 Å². The predicted molar refractivity (Wildman–Crippen MR) is 107 cm³/mol. The van der Waals surface area contributed by atoms with Crippen LogP contribution in [-0.4, -0.2) is 40.2 Å². The molecule has 0 saturated carbocycles. The Labute approximate surface area is 168 Å². The molecule has 142 valence electrons. The molecule has 0 unspecified atom stereocenters. The zero-order valence-electron chi connectivity index (χ0n) is 14.6. The molecule has 3 rings (SSSR count). The zero-order valence-corrected chi connectivity index (χ0v) is 17.8. The summed E-state index contributed by atoms with van der Waals surface area (Å²) in [6, 6.07) is 3.14. The van der Waals surface area contributed by atoms with E-state index in [9.17, 15) is 4.57 Å². The first-order valence-electron chi connectivity index (χ1n) is 7.63. The van der Waals surface area contributed by atoms with Crippen molar-refractivity contribution in [3.05, 3.63) is 46.3 Å². The van der Waals surface area contributed by atoms with Gasteiger partial charge in [-0.3, -0.25) is 0 Å². The molecule has 0 amide bonds. The Morgan fingerprint density at radius 3 is 2.70 bits per heavy atom. The van der Waals surface area contributed by atoms with Crippen molar-refractivity contribution in [2.45, 2.75) is 0 Å². The van der Waals surface area contributed by atoms with Crippen molar-refractivity contribution >= 4 is 51.5 Å². The van der Waals surface area contributed by atoms with Gasteiger partial charge in [-0.2, -0.15) is 10.1 Å². The third kappa shape index (κ3) is 4.15. The Morgan fingerprint density at radius 1 is 1.33 bits per heavy atom. The zero-order chi connectivity index (χ0) is 19.8. The highest BCUT2D eigenvalue weighted by molar-refractivity contribution is 9.10. The van der Waals surface area contributed by atoms with Gasteiger partial charge >= 0.3 is 0 Å². The van der Waals surface area contributed by atoms with E-state index in [-0.39, 0.29) is 16.3 Å². The van der Waals surface area contributed by atoms with Crippen LogP contribution in [-0.2, 0) is 4.57 Å². The topological polar surface area (TPSA) is 81.9 Å². The number of aromatic nitrogens is 4. The molecule has 0 aliphatic rings. The van der Waals surface area contributed by atoms with Crippen LogP contribution in [0.15, 0.2) is 35.2 Å². The standard InChI is InChI=1S/C16H15BrClFN5O2P/c1-26-9-6-21-24(8-9)12-5-4-11(14(13(12)19)27(2,3)25)22-15-10(17)7-20-16(18)23-15/h4-8H,1-3H3,(H,20,22,23). The number of rotatable bonds is 5. The summed E-state index contributed by atoms with van der Waals surface area (Å²) < 4.78 is 35.1. The second-order valence-electron chi connectivity index (χ2n) is 5.93. The van der Waals surface area contributed by atoms with Gasteiger partial charge in [-0.05, 0) is 53.0 Å². The van der Waals surface area contributed by atoms with Gasteiger partial charge in [0.25, 0.3) is 0 Å². The highest BCUT2D eigenvalue weighted by Gasteiger charge is 2.25. The maximum atomic E-state index is 15.3. The molecule has 0 bridgehead atoms. The Bertz CT molecular complexity index is 1060. The fourth-order valence-corrected chi connectivity index (χ4v) is 4.18. The van der Waals surface area contributed by atoms with Gasteiger partial charge in [0, 0.05) is 6.20 Å². The summed E-state index contributed by atoms with van der Waals surface area (Å²) in [4.78, 5) is 7.91. The Morgan fingerprint density at radius 2 is 2.07 bits per heavy atom. The molecule has 11 heteroatoms. The number of nitrogens with zero attached hydrogens (tertiary/aromatic N) is 4. The van der Waals surface area contributed by atoms with Crippen LogP contribution in [0.1, 0.15) is 0 Å². The maximum Gasteiger partial charge on any atom is 0.224 e. The number of benzene rings is 1. The molecule has 0 atom stereocenters. The largest absolute Gasteiger partial charge is 0.493 e. The van der Waals surface area contributed by atoms with Gasteiger partial charge in [-0.25, -0.2) is 14.1 Å². The van der Waals surface area contributed by atoms with Crippen molar-refractivity contribution in [3.63, 3.8) is 0 Å². The lowest BCUT2D eigenvalue weighted by atomic mass is 10.2. The minimum absolute atomic E-state index is 0.0270. The van der Waals surface area contributed by atoms with Crippen LogP contribution in [0.5, 0.6) is 5.75 Å². The monoisotopic (exact) mass is 473 g/mol. The van der Waals surface area contributed by atoms with Gasteiger partial charge in [-0.15, -0.1) is 0 Å². The molecular formula is C16H15BrClFN5O2P. The normalized spacial score (nSPS) is 11.5. The fraction of sp³-hybridized carbons (Fsp3) is 0.188. The molecule has 7 nitrogen and oxygen atoms in total. The first-order valence-corrected chi connectivity index (χ1v) is 11.4. The van der Waals surface area contributed by atoms with E-state index in [1.165, 1.54) is 49.8 Å². The van der Waals surface area contributed by atoms with Gasteiger partial charge in [0.05, 0.1) is 35.0 Å². The van der Waals surface area contributed by atoms with Crippen LogP contribution >= 0.6 is 34.7 Å². The molecule has 0 saturated heterocycles. The van der Waals surface area contributed by atoms with E-state index in [0.717, 1.165) is 0 Å². The van der Waals surface area contributed by atoms with Crippen molar-refractivity contribution in [1.82, 2.24) is 19.7 Å². The quantitative estimate of drug-likeness (QED) is 0.440. The van der Waals surface area contributed by atoms with E-state index in [1.54, 1.807) is 6.07 Å². The third-order valence-corrected chi connectivity index (χ3v) is 5.92. The smallest absolute Gasteiger partial charge is 0.224 e. The minimum atomic E-state index is -3.01. The molecule has 1 N–H and O–H groups in total. The molecule has 1 aromatic carbocycles. The van der Waals surface area contributed by atoms with Crippen LogP contribution in [0.2, 0.25) is 5.28 Å². The Kier molecular flexibility index (Phi) is 5.55. The summed E-state index contributed by atoms with van der Waals surface area (Å²) in [5, 5.41) is 7.13. The van der Waals surface area contributed by atoms with Crippen LogP contribution < -0.4 is 15.4 Å². The number of hydrogen-bond donors (Lipinski definition) is 1. The first kappa shape index (κ1) is 19.8. The molecule has 0 fully saturated rings. The minimum Gasteiger partial charge on any atom is -0.493 e. The van der Waals surface area contributed by atoms with Gasteiger partial charge in [-0.1, -0.05) is 0 Å². The SMILES string of the molecule is COc1cnn(-c2ccc(Nc3nc(Cl)ncc3Br)c(P(C)(C)=O)c2F)c1. The number of nitrogens with one attached hydrogen (secondary N) is 1. The molecule has 2 heterocycles. The Hall–Kier alpha value is -1.96. The van der Waals surface area contributed by atoms with Crippen LogP contribution in [0.3, 0.4) is 0 Å². The summed E-state index contributed by atoms with van der Waals surface area (Å²) in [6.45, 7) is 2.98. The number of anilines is 2. The summed E-state index contributed by atoms with van der Waals surface area (Å²) >= 11 is 9.14. The van der Waals surface area contributed by atoms with Crippen molar-refractivity contribution < 1.29 is 13.7 Å². The predicted octanol–water partition coefficient (Wildman–Crippen LogP) is 4.22. The van der Waals surface area contributed by atoms with Gasteiger partial charge in [0.1, 0.15) is 18.6 Å². The molecule has 0 spiro atoms. The summed E-state index contributed by atoms with van der Waals surface area (Å²) in [5.41, 5.74) is 0.474. The maximum absolute atomic E-state index is 15.3. The Balaban J connectivity index is 2.13. The summed E-state index contributed by atoms with van der Waals surface area (Å²) in [7, 11) is -1.51. The van der Waals surface area contributed by atoms with E-state index < -0.39 is 13.0 Å². The highest BCUT2D eigenvalue weighted by atomic mass is 79.9. The average molecular weight is 475 g/mol. The molecule has 3 aromatic rings. The lowest BCUT2D eigenvalue weighted by Gasteiger charge is -2.18. The van der Waals surface area contributed by atoms with Gasteiger partial charge in [0.15, 0.2) is 11.6 Å². The second-order valence-corrected chi connectivity index (χ2v) is 10.3. The van der Waals surface area contributed by atoms with Crippen molar-refractivity contribution in [2.24, 2.45) is 0 Å². The molecule has 0 aliphatic heterocycles. The van der Waals surface area contributed by atoms with E-state index in [4.69, 9.17) is 16.3 Å². The molecule has 27 heavy (non-hydrogen) atoms. The molecular weight excluding hydrogens is 460 g/mol. The van der Waals surface area contributed by atoms with E-state index in [0.29, 0.717) is 21.7 Å². The lowest BCUT2D eigenvalue weighted by molar-refractivity contribution is 0.414. The van der Waals surface area contributed by atoms with Crippen LogP contribution in [0.25, 0.3) is 5.69 Å². The van der Waals surface area contributed by atoms with E-state index in [2.05, 4.69) is 36.3 Å². The second kappa shape index (κ2) is 7.58. The van der Waals surface area contributed by atoms with E-state index in [1.807, 2.05) is 0 Å². The first-order chi connectivity index (χ1) is 12.7. The molecule has 2 aromatic heterocycles. The summed E-state index contributed by atoms with van der Waals surface area (Å²) in [6.07, 6.45) is 4.46. The van der Waals surface area contributed by atoms with Gasteiger partial charge in [0.2, 0.25) is 5.28 Å². The summed E-state index contributed by atoms with van der Waals surface area (Å²) in [5.74, 6) is 0.168. The number of methoxy groups -OCH3 is 1. The van der Waals surface area contributed by atoms with Crippen molar-refractivity contribution in [2.75, 3.05) is 25.8 Å². The average Bonchev–Trinajstić information content (AvgIpc) is 3.06. The molecule has 0 aliphatic carbocycles. The van der Waals surface area contributed by atoms with Crippen molar-refractivity contribution in [1.29, 1.82) is 0 Å². The number of halogens is 3. The lowest BCUT2D eigenvalue weighted by Crippen LogP contribution is -2.18. The fourth-order valence-electron chi connectivity index (χ4n) is 2.46. The van der Waals surface area contributed by atoms with Gasteiger partial charge < -0.3 is 14.6 Å². The number of hydrogen-bond acceptors (Lipinski definition) is 6. The van der Waals surface area contributed by atoms with Crippen LogP contribution in [0.4, 0.5) is 15.9 Å². The molecule has 0 radical (unpaired) electrons. The third-order valence-electron chi connectivity index (χ3n) is 3.64. The van der Waals surface area contributed by atoms with Crippen molar-refractivity contribution in [3.8, 4) is 11.4 Å².